The minimum absolute atomic E-state index is 0.147. The smallest absolute Gasteiger partial charge is 0.313 e. The third-order valence-corrected chi connectivity index (χ3v) is 5.13. The van der Waals surface area contributed by atoms with Gasteiger partial charge in [-0.05, 0) is 31.0 Å². The van der Waals surface area contributed by atoms with Crippen LogP contribution in [0.5, 0.6) is 0 Å². The van der Waals surface area contributed by atoms with Crippen LogP contribution in [0, 0.1) is 25.2 Å². The van der Waals surface area contributed by atoms with Crippen LogP contribution >= 0.6 is 11.8 Å². The number of hydrogen-bond acceptors (Lipinski definition) is 4. The Hall–Kier alpha value is -3.10. The second-order valence-electron chi connectivity index (χ2n) is 6.21. The molecule has 0 unspecified atom stereocenters. The number of pyridine rings is 1. The Bertz CT molecular complexity index is 1040. The second-order valence-corrected chi connectivity index (χ2v) is 7.18. The van der Waals surface area contributed by atoms with Gasteiger partial charge in [-0.2, -0.15) is 5.26 Å². The summed E-state index contributed by atoms with van der Waals surface area (Å²) in [5.41, 5.74) is 6.02. The largest absolute Gasteiger partial charge is 0.481 e. The van der Waals surface area contributed by atoms with Crippen molar-refractivity contribution in [3.8, 4) is 28.5 Å². The number of nitriles is 1. The van der Waals surface area contributed by atoms with Crippen LogP contribution in [0.4, 0.5) is 0 Å². The number of thioether (sulfide) groups is 1. The van der Waals surface area contributed by atoms with Crippen molar-refractivity contribution in [3.05, 3.63) is 71.3 Å². The van der Waals surface area contributed by atoms with Gasteiger partial charge in [0.05, 0.1) is 17.0 Å². The highest BCUT2D eigenvalue weighted by Crippen LogP contribution is 2.35. The molecule has 0 atom stereocenters. The molecule has 5 heteroatoms. The van der Waals surface area contributed by atoms with Gasteiger partial charge in [0.15, 0.2) is 0 Å². The number of benzene rings is 2. The lowest BCUT2D eigenvalue weighted by atomic mass is 9.97. The lowest BCUT2D eigenvalue weighted by molar-refractivity contribution is -0.133. The van der Waals surface area contributed by atoms with Crippen LogP contribution in [0.25, 0.3) is 22.4 Å². The summed E-state index contributed by atoms with van der Waals surface area (Å²) >= 11 is 1.07. The Labute approximate surface area is 162 Å². The normalized spacial score (nSPS) is 10.4. The van der Waals surface area contributed by atoms with Crippen LogP contribution in [-0.4, -0.2) is 21.8 Å². The molecule has 134 valence electrons. The molecule has 27 heavy (non-hydrogen) atoms. The first-order valence-corrected chi connectivity index (χ1v) is 9.41. The first kappa shape index (κ1) is 18.7. The van der Waals surface area contributed by atoms with E-state index in [9.17, 15) is 10.1 Å². The van der Waals surface area contributed by atoms with Crippen LogP contribution in [0.15, 0.2) is 59.6 Å². The Morgan fingerprint density at radius 2 is 1.85 bits per heavy atom. The van der Waals surface area contributed by atoms with Gasteiger partial charge in [0.2, 0.25) is 0 Å². The highest BCUT2D eigenvalue weighted by atomic mass is 32.2. The molecule has 0 radical (unpaired) electrons. The number of carbonyl (C=O) groups is 1. The van der Waals surface area contributed by atoms with Crippen molar-refractivity contribution in [2.45, 2.75) is 18.9 Å². The van der Waals surface area contributed by atoms with Crippen molar-refractivity contribution >= 4 is 17.7 Å². The fourth-order valence-electron chi connectivity index (χ4n) is 2.95. The molecule has 1 heterocycles. The van der Waals surface area contributed by atoms with Gasteiger partial charge in [0.25, 0.3) is 0 Å². The summed E-state index contributed by atoms with van der Waals surface area (Å²) in [5.74, 6) is -1.09. The van der Waals surface area contributed by atoms with Crippen molar-refractivity contribution in [2.24, 2.45) is 0 Å². The lowest BCUT2D eigenvalue weighted by Crippen LogP contribution is -2.01. The number of aliphatic carboxylic acids is 1. The number of carboxylic acid groups (broad SMARTS) is 1. The number of aromatic nitrogens is 1. The predicted octanol–water partition coefficient (Wildman–Crippen LogP) is 5.08. The van der Waals surface area contributed by atoms with Gasteiger partial charge in [0.1, 0.15) is 11.1 Å². The molecule has 2 aromatic carbocycles. The first-order valence-electron chi connectivity index (χ1n) is 8.42. The van der Waals surface area contributed by atoms with E-state index >= 15 is 0 Å². The van der Waals surface area contributed by atoms with Crippen molar-refractivity contribution in [3.63, 3.8) is 0 Å². The van der Waals surface area contributed by atoms with Crippen molar-refractivity contribution < 1.29 is 9.90 Å². The molecule has 0 spiro atoms. The van der Waals surface area contributed by atoms with E-state index in [1.807, 2.05) is 62.4 Å². The predicted molar refractivity (Wildman–Crippen MR) is 108 cm³/mol. The van der Waals surface area contributed by atoms with E-state index in [2.05, 4.69) is 17.1 Å². The zero-order chi connectivity index (χ0) is 19.4. The van der Waals surface area contributed by atoms with Gasteiger partial charge >= 0.3 is 5.97 Å². The van der Waals surface area contributed by atoms with E-state index in [1.165, 1.54) is 0 Å². The minimum Gasteiger partial charge on any atom is -0.481 e. The third kappa shape index (κ3) is 4.18. The third-order valence-electron chi connectivity index (χ3n) is 4.17. The molecular formula is C22H18N2O2S. The minimum atomic E-state index is -0.941. The Kier molecular flexibility index (Phi) is 5.58. The molecule has 0 amide bonds. The van der Waals surface area contributed by atoms with Gasteiger partial charge in [-0.1, -0.05) is 65.9 Å². The van der Waals surface area contributed by atoms with Gasteiger partial charge in [-0.15, -0.1) is 0 Å². The van der Waals surface area contributed by atoms with E-state index < -0.39 is 5.97 Å². The summed E-state index contributed by atoms with van der Waals surface area (Å²) in [6.45, 7) is 4.06. The Morgan fingerprint density at radius 1 is 1.11 bits per heavy atom. The van der Waals surface area contributed by atoms with Crippen molar-refractivity contribution in [2.75, 3.05) is 5.75 Å². The van der Waals surface area contributed by atoms with Gasteiger partial charge in [0, 0.05) is 11.1 Å². The Morgan fingerprint density at radius 3 is 2.48 bits per heavy atom. The van der Waals surface area contributed by atoms with E-state index in [0.29, 0.717) is 10.6 Å². The summed E-state index contributed by atoms with van der Waals surface area (Å²) in [6.07, 6.45) is 0. The molecule has 1 N–H and O–H groups in total. The van der Waals surface area contributed by atoms with E-state index in [-0.39, 0.29) is 5.75 Å². The highest BCUT2D eigenvalue weighted by molar-refractivity contribution is 7.99. The van der Waals surface area contributed by atoms with Crippen LogP contribution in [0.3, 0.4) is 0 Å². The Balaban J connectivity index is 2.24. The molecule has 3 aromatic rings. The lowest BCUT2D eigenvalue weighted by Gasteiger charge is -2.13. The van der Waals surface area contributed by atoms with E-state index in [4.69, 9.17) is 5.11 Å². The van der Waals surface area contributed by atoms with Crippen LogP contribution in [-0.2, 0) is 4.79 Å². The fourth-order valence-corrected chi connectivity index (χ4v) is 3.67. The molecule has 0 saturated carbocycles. The number of nitrogens with zero attached hydrogens (tertiary/aromatic N) is 2. The summed E-state index contributed by atoms with van der Waals surface area (Å²) in [6, 6.07) is 19.9. The summed E-state index contributed by atoms with van der Waals surface area (Å²) in [5, 5.41) is 19.2. The average molecular weight is 374 g/mol. The quantitative estimate of drug-likeness (QED) is 0.630. The SMILES string of the molecule is Cc1ccc(-c2cc(-c3ccccc3)c(C#N)c(SCC(=O)O)n2)c(C)c1. The summed E-state index contributed by atoms with van der Waals surface area (Å²) in [4.78, 5) is 15.7. The zero-order valence-electron chi connectivity index (χ0n) is 15.1. The molecule has 4 nitrogen and oxygen atoms in total. The monoisotopic (exact) mass is 374 g/mol. The summed E-state index contributed by atoms with van der Waals surface area (Å²) < 4.78 is 0. The number of carboxylic acids is 1. The van der Waals surface area contributed by atoms with Crippen LogP contribution in [0.1, 0.15) is 16.7 Å². The number of aryl methyl sites for hydroxylation is 2. The highest BCUT2D eigenvalue weighted by Gasteiger charge is 2.17. The molecule has 1 aromatic heterocycles. The number of rotatable bonds is 5. The van der Waals surface area contributed by atoms with E-state index in [0.717, 1.165) is 45.3 Å². The summed E-state index contributed by atoms with van der Waals surface area (Å²) in [7, 11) is 0. The maximum Gasteiger partial charge on any atom is 0.313 e. The van der Waals surface area contributed by atoms with Gasteiger partial charge in [-0.3, -0.25) is 4.79 Å². The number of hydrogen-bond donors (Lipinski definition) is 1. The zero-order valence-corrected chi connectivity index (χ0v) is 15.9. The standard InChI is InChI=1S/C22H18N2O2S/c1-14-8-9-17(15(2)10-14)20-11-18(16-6-4-3-5-7-16)19(12-23)22(24-20)27-13-21(25)26/h3-11H,13H2,1-2H3,(H,25,26). The molecule has 0 aliphatic heterocycles. The topological polar surface area (TPSA) is 74.0 Å². The molecule has 0 aliphatic carbocycles. The molecular weight excluding hydrogens is 356 g/mol. The van der Waals surface area contributed by atoms with Gasteiger partial charge < -0.3 is 5.11 Å². The van der Waals surface area contributed by atoms with E-state index in [1.54, 1.807) is 0 Å². The molecule has 0 saturated heterocycles. The molecule has 3 rings (SSSR count). The fraction of sp³-hybridized carbons (Fsp3) is 0.136. The molecule has 0 bridgehead atoms. The van der Waals surface area contributed by atoms with Crippen LogP contribution < -0.4 is 0 Å². The van der Waals surface area contributed by atoms with Crippen molar-refractivity contribution in [1.29, 1.82) is 5.26 Å². The molecule has 0 aliphatic rings. The van der Waals surface area contributed by atoms with Crippen molar-refractivity contribution in [1.82, 2.24) is 4.98 Å². The van der Waals surface area contributed by atoms with Gasteiger partial charge in [-0.25, -0.2) is 4.98 Å². The maximum atomic E-state index is 11.0. The second kappa shape index (κ2) is 8.07. The maximum absolute atomic E-state index is 11.0. The first-order chi connectivity index (χ1) is 13.0. The van der Waals surface area contributed by atoms with Crippen LogP contribution in [0.2, 0.25) is 0 Å². The molecule has 0 fully saturated rings. The average Bonchev–Trinajstić information content (AvgIpc) is 2.66.